The highest BCUT2D eigenvalue weighted by Gasteiger charge is 2.17. The summed E-state index contributed by atoms with van der Waals surface area (Å²) in [6.45, 7) is 2.11. The van der Waals surface area contributed by atoms with E-state index in [2.05, 4.69) is 89.3 Å². The number of nitriles is 1. The highest BCUT2D eigenvalue weighted by atomic mass is 15.0. The van der Waals surface area contributed by atoms with Crippen molar-refractivity contribution in [2.45, 2.75) is 6.92 Å². The van der Waals surface area contributed by atoms with E-state index in [1.807, 2.05) is 12.1 Å². The molecule has 0 saturated heterocycles. The molecule has 0 bridgehead atoms. The average molecular weight is 371 g/mol. The third-order valence-electron chi connectivity index (χ3n) is 5.89. The van der Waals surface area contributed by atoms with Crippen molar-refractivity contribution in [3.05, 3.63) is 90.0 Å². The number of para-hydroxylation sites is 1. The van der Waals surface area contributed by atoms with E-state index in [0.717, 1.165) is 38.5 Å². The van der Waals surface area contributed by atoms with Gasteiger partial charge in [0.05, 0.1) is 22.7 Å². The van der Waals surface area contributed by atoms with Crippen LogP contribution in [0.1, 0.15) is 11.1 Å². The Hall–Kier alpha value is -4.03. The highest BCUT2D eigenvalue weighted by Crippen LogP contribution is 2.37. The van der Waals surface area contributed by atoms with Crippen molar-refractivity contribution in [2.24, 2.45) is 0 Å². The lowest BCUT2D eigenvalue weighted by atomic mass is 10.0. The molecule has 6 rings (SSSR count). The number of hydrogen-bond donors (Lipinski definition) is 1. The molecule has 1 N–H and O–H groups in total. The Kier molecular flexibility index (Phi) is 3.16. The summed E-state index contributed by atoms with van der Waals surface area (Å²) in [6, 6.07) is 29.6. The molecule has 0 atom stereocenters. The van der Waals surface area contributed by atoms with Crippen LogP contribution in [-0.2, 0) is 0 Å². The third-order valence-corrected chi connectivity index (χ3v) is 5.89. The average Bonchev–Trinajstić information content (AvgIpc) is 3.29. The Labute approximate surface area is 167 Å². The largest absolute Gasteiger partial charge is 0.355 e. The molecule has 0 saturated carbocycles. The summed E-state index contributed by atoms with van der Waals surface area (Å²) in [5.74, 6) is 0. The van der Waals surface area contributed by atoms with Crippen LogP contribution in [0.2, 0.25) is 0 Å². The van der Waals surface area contributed by atoms with Crippen LogP contribution < -0.4 is 0 Å². The van der Waals surface area contributed by atoms with E-state index in [1.165, 1.54) is 16.3 Å². The molecule has 0 aliphatic rings. The smallest absolute Gasteiger partial charge is 0.0998 e. The predicted octanol–water partition coefficient (Wildman–Crippen LogP) is 6.60. The number of benzene rings is 4. The maximum absolute atomic E-state index is 9.73. The maximum atomic E-state index is 9.73. The Morgan fingerprint density at radius 1 is 0.759 bits per heavy atom. The topological polar surface area (TPSA) is 44.5 Å². The number of rotatable bonds is 1. The normalized spacial score (nSPS) is 11.6. The fraction of sp³-hybridized carbons (Fsp3) is 0.0385. The number of fused-ring (bicyclic) bond motifs is 6. The van der Waals surface area contributed by atoms with Crippen LogP contribution in [0.5, 0.6) is 0 Å². The molecule has 0 aliphatic heterocycles. The van der Waals surface area contributed by atoms with Crippen molar-refractivity contribution < 1.29 is 0 Å². The van der Waals surface area contributed by atoms with Crippen LogP contribution in [0.25, 0.3) is 49.3 Å². The minimum Gasteiger partial charge on any atom is -0.355 e. The van der Waals surface area contributed by atoms with E-state index >= 15 is 0 Å². The van der Waals surface area contributed by atoms with Gasteiger partial charge < -0.3 is 9.55 Å². The SMILES string of the molecule is Cc1cccc2c1c1c(C#N)cccc1n2-c1ccc2[nH]c3ccccc3c2c1. The van der Waals surface area contributed by atoms with Gasteiger partial charge in [0, 0.05) is 38.3 Å². The van der Waals surface area contributed by atoms with Gasteiger partial charge in [-0.15, -0.1) is 0 Å². The van der Waals surface area contributed by atoms with Crippen LogP contribution in [0.15, 0.2) is 78.9 Å². The number of aryl methyl sites for hydroxylation is 1. The lowest BCUT2D eigenvalue weighted by molar-refractivity contribution is 1.18. The van der Waals surface area contributed by atoms with E-state index in [1.54, 1.807) is 0 Å². The van der Waals surface area contributed by atoms with Crippen LogP contribution in [0.3, 0.4) is 0 Å². The van der Waals surface area contributed by atoms with E-state index in [9.17, 15) is 5.26 Å². The molecule has 3 heteroatoms. The fourth-order valence-electron chi connectivity index (χ4n) is 4.63. The number of nitrogens with one attached hydrogen (secondary N) is 1. The zero-order valence-corrected chi connectivity index (χ0v) is 15.9. The molecule has 0 radical (unpaired) electrons. The first-order chi connectivity index (χ1) is 14.3. The van der Waals surface area contributed by atoms with E-state index in [0.29, 0.717) is 5.56 Å². The van der Waals surface area contributed by atoms with Crippen molar-refractivity contribution in [2.75, 3.05) is 0 Å². The summed E-state index contributed by atoms with van der Waals surface area (Å²) in [5.41, 5.74) is 7.46. The van der Waals surface area contributed by atoms with Crippen molar-refractivity contribution in [3.8, 4) is 11.8 Å². The van der Waals surface area contributed by atoms with Crippen molar-refractivity contribution in [1.29, 1.82) is 5.26 Å². The highest BCUT2D eigenvalue weighted by molar-refractivity contribution is 6.14. The molecule has 2 heterocycles. The minimum absolute atomic E-state index is 0.716. The summed E-state index contributed by atoms with van der Waals surface area (Å²) in [5, 5.41) is 14.3. The Morgan fingerprint density at radius 3 is 2.38 bits per heavy atom. The van der Waals surface area contributed by atoms with Gasteiger partial charge in [-0.1, -0.05) is 36.4 Å². The third kappa shape index (κ3) is 2.11. The monoisotopic (exact) mass is 371 g/mol. The van der Waals surface area contributed by atoms with E-state index in [-0.39, 0.29) is 0 Å². The number of hydrogen-bond acceptors (Lipinski definition) is 1. The first-order valence-electron chi connectivity index (χ1n) is 9.70. The van der Waals surface area contributed by atoms with Crippen LogP contribution >= 0.6 is 0 Å². The second kappa shape index (κ2) is 5.73. The summed E-state index contributed by atoms with van der Waals surface area (Å²) in [6.07, 6.45) is 0. The number of aromatic nitrogens is 2. The number of aromatic amines is 1. The quantitative estimate of drug-likeness (QED) is 0.348. The molecule has 136 valence electrons. The van der Waals surface area contributed by atoms with E-state index in [4.69, 9.17) is 0 Å². The van der Waals surface area contributed by atoms with Gasteiger partial charge in [0.15, 0.2) is 0 Å². The van der Waals surface area contributed by atoms with Gasteiger partial charge >= 0.3 is 0 Å². The molecule has 2 aromatic heterocycles. The van der Waals surface area contributed by atoms with Gasteiger partial charge in [-0.3, -0.25) is 0 Å². The van der Waals surface area contributed by atoms with Crippen molar-refractivity contribution >= 4 is 43.6 Å². The Balaban J connectivity index is 1.79. The first kappa shape index (κ1) is 16.0. The zero-order chi connectivity index (χ0) is 19.5. The lowest BCUT2D eigenvalue weighted by Gasteiger charge is -2.08. The standard InChI is InChI=1S/C26H17N3/c1-16-6-4-10-23-25(16)26-17(15-27)7-5-11-24(26)29(23)18-12-13-22-20(14-18)19-8-2-3-9-21(19)28-22/h2-14,28H,1H3. The van der Waals surface area contributed by atoms with Gasteiger partial charge in [0.1, 0.15) is 0 Å². The molecule has 6 aromatic rings. The molecule has 0 aliphatic carbocycles. The van der Waals surface area contributed by atoms with Crippen molar-refractivity contribution in [3.63, 3.8) is 0 Å². The molecule has 3 nitrogen and oxygen atoms in total. The Morgan fingerprint density at radius 2 is 1.52 bits per heavy atom. The molecular weight excluding hydrogens is 354 g/mol. The fourth-order valence-corrected chi connectivity index (χ4v) is 4.63. The predicted molar refractivity (Wildman–Crippen MR) is 120 cm³/mol. The Bertz CT molecular complexity index is 1620. The van der Waals surface area contributed by atoms with E-state index < -0.39 is 0 Å². The lowest BCUT2D eigenvalue weighted by Crippen LogP contribution is -1.93. The molecule has 4 aromatic carbocycles. The summed E-state index contributed by atoms with van der Waals surface area (Å²) in [7, 11) is 0. The molecule has 0 fully saturated rings. The summed E-state index contributed by atoms with van der Waals surface area (Å²) < 4.78 is 2.28. The zero-order valence-electron chi connectivity index (χ0n) is 15.9. The van der Waals surface area contributed by atoms with Gasteiger partial charge in [0.25, 0.3) is 0 Å². The minimum atomic E-state index is 0.716. The molecule has 0 spiro atoms. The maximum Gasteiger partial charge on any atom is 0.0998 e. The molecular formula is C26H17N3. The second-order valence-electron chi connectivity index (χ2n) is 7.52. The van der Waals surface area contributed by atoms with Gasteiger partial charge in [-0.25, -0.2) is 0 Å². The molecule has 0 unspecified atom stereocenters. The van der Waals surface area contributed by atoms with Gasteiger partial charge in [0.2, 0.25) is 0 Å². The van der Waals surface area contributed by atoms with Gasteiger partial charge in [-0.05, 0) is 55.0 Å². The van der Waals surface area contributed by atoms with Crippen molar-refractivity contribution in [1.82, 2.24) is 9.55 Å². The summed E-state index contributed by atoms with van der Waals surface area (Å²) >= 11 is 0. The first-order valence-corrected chi connectivity index (χ1v) is 9.70. The number of nitrogens with zero attached hydrogens (tertiary/aromatic N) is 2. The van der Waals surface area contributed by atoms with Crippen LogP contribution in [0.4, 0.5) is 0 Å². The van der Waals surface area contributed by atoms with Gasteiger partial charge in [-0.2, -0.15) is 5.26 Å². The van der Waals surface area contributed by atoms with Crippen LogP contribution in [-0.4, -0.2) is 9.55 Å². The summed E-state index contributed by atoms with van der Waals surface area (Å²) in [4.78, 5) is 3.50. The molecule has 29 heavy (non-hydrogen) atoms. The molecule has 0 amide bonds. The number of H-pyrrole nitrogens is 1. The second-order valence-corrected chi connectivity index (χ2v) is 7.52. The van der Waals surface area contributed by atoms with Crippen LogP contribution in [0, 0.1) is 18.3 Å².